The number of fused-ring (bicyclic) bond motifs is 3. The van der Waals surface area contributed by atoms with Crippen LogP contribution in [-0.2, 0) is 16.0 Å². The maximum Gasteiger partial charge on any atom is 0.255 e. The second kappa shape index (κ2) is 6.13. The van der Waals surface area contributed by atoms with Gasteiger partial charge >= 0.3 is 0 Å². The van der Waals surface area contributed by atoms with Gasteiger partial charge in [-0.2, -0.15) is 0 Å². The molecule has 0 fully saturated rings. The lowest BCUT2D eigenvalue weighted by molar-refractivity contribution is -0.151. The zero-order valence-corrected chi connectivity index (χ0v) is 16.1. The molecule has 2 aromatic carbocycles. The number of benzene rings is 2. The summed E-state index contributed by atoms with van der Waals surface area (Å²) in [5.74, 6) is -6.88. The molecule has 2 aliphatic carbocycles. The molecule has 0 heterocycles. The smallest absolute Gasteiger partial charge is 0.255 e. The van der Waals surface area contributed by atoms with Gasteiger partial charge in [0.1, 0.15) is 22.7 Å². The average Bonchev–Trinajstić information content (AvgIpc) is 2.63. The SMILES string of the molecule is CC(=O)c1cc(O)c2c(O)c3c(cc2c1)C[C@]1(O)CC(=O)C(C(N)=O)=C(O)[C@]1(O)C3=O. The fourth-order valence-corrected chi connectivity index (χ4v) is 4.43. The fraction of sp³-hybridized carbons (Fsp3) is 0.238. The maximum atomic E-state index is 13.3. The summed E-state index contributed by atoms with van der Waals surface area (Å²) in [6.45, 7) is 1.27. The van der Waals surface area contributed by atoms with Crippen LogP contribution in [0.1, 0.15) is 39.6 Å². The highest BCUT2D eigenvalue weighted by molar-refractivity contribution is 6.24. The van der Waals surface area contributed by atoms with Gasteiger partial charge in [-0.3, -0.25) is 19.2 Å². The molecule has 160 valence electrons. The quantitative estimate of drug-likeness (QED) is 0.281. The second-order valence-electron chi connectivity index (χ2n) is 7.84. The van der Waals surface area contributed by atoms with Crippen LogP contribution in [-0.4, -0.2) is 60.0 Å². The third-order valence-electron chi connectivity index (χ3n) is 5.95. The summed E-state index contributed by atoms with van der Waals surface area (Å²) < 4.78 is 0. The molecule has 2 aliphatic rings. The molecule has 0 spiro atoms. The third-order valence-corrected chi connectivity index (χ3v) is 5.95. The first kappa shape index (κ1) is 20.5. The summed E-state index contributed by atoms with van der Waals surface area (Å²) in [6, 6.07) is 3.78. The Morgan fingerprint density at radius 3 is 2.26 bits per heavy atom. The Morgan fingerprint density at radius 1 is 1.03 bits per heavy atom. The van der Waals surface area contributed by atoms with Crippen molar-refractivity contribution >= 4 is 34.0 Å². The molecular formula is C21H17NO9. The van der Waals surface area contributed by atoms with Crippen molar-refractivity contribution < 1.29 is 44.7 Å². The Hall–Kier alpha value is -3.76. The number of aromatic hydroxyl groups is 2. The molecular weight excluding hydrogens is 410 g/mol. The molecule has 0 unspecified atom stereocenters. The molecule has 2 atom stereocenters. The summed E-state index contributed by atoms with van der Waals surface area (Å²) in [4.78, 5) is 48.8. The standard InChI is InChI=1S/C21H17NO9/c1-7(23)8-2-9-3-10-5-20(30)6-12(25)15(19(22)29)18(28)21(20,31)17(27)14(10)16(26)13(9)11(24)4-8/h2-4,24,26,28,30-31H,5-6H2,1H3,(H2,22,29)/t20-,21+/m0/s1. The number of ketones is 3. The third kappa shape index (κ3) is 2.46. The molecule has 4 rings (SSSR count). The van der Waals surface area contributed by atoms with Crippen molar-refractivity contribution in [3.63, 3.8) is 0 Å². The van der Waals surface area contributed by atoms with Crippen molar-refractivity contribution in [2.75, 3.05) is 0 Å². The zero-order valence-electron chi connectivity index (χ0n) is 16.1. The highest BCUT2D eigenvalue weighted by Gasteiger charge is 2.66. The molecule has 0 saturated carbocycles. The number of amides is 1. The van der Waals surface area contributed by atoms with Gasteiger partial charge in [0.05, 0.1) is 10.9 Å². The van der Waals surface area contributed by atoms with Crippen LogP contribution in [0.4, 0.5) is 0 Å². The van der Waals surface area contributed by atoms with Crippen LogP contribution in [0.5, 0.6) is 11.5 Å². The highest BCUT2D eigenvalue weighted by atomic mass is 16.4. The van der Waals surface area contributed by atoms with E-state index in [4.69, 9.17) is 5.73 Å². The number of primary amides is 1. The molecule has 0 bridgehead atoms. The molecule has 0 aliphatic heterocycles. The van der Waals surface area contributed by atoms with Crippen LogP contribution in [0.15, 0.2) is 29.5 Å². The first-order valence-electron chi connectivity index (χ1n) is 9.12. The predicted octanol–water partition coefficient (Wildman–Crippen LogP) is -0.0752. The molecule has 31 heavy (non-hydrogen) atoms. The van der Waals surface area contributed by atoms with Crippen molar-refractivity contribution in [1.29, 1.82) is 0 Å². The van der Waals surface area contributed by atoms with Crippen LogP contribution < -0.4 is 5.73 Å². The Balaban J connectivity index is 2.06. The van der Waals surface area contributed by atoms with E-state index < -0.39 is 69.9 Å². The minimum Gasteiger partial charge on any atom is -0.508 e. The number of aliphatic hydroxyl groups is 3. The number of Topliss-reactive ketones (excluding diaryl/α,β-unsaturated/α-hetero) is 3. The van der Waals surface area contributed by atoms with Crippen LogP contribution in [0.3, 0.4) is 0 Å². The number of nitrogens with two attached hydrogens (primary N) is 1. The summed E-state index contributed by atoms with van der Waals surface area (Å²) in [5, 5.41) is 53.6. The molecule has 10 heteroatoms. The lowest BCUT2D eigenvalue weighted by atomic mass is 9.61. The molecule has 0 radical (unpaired) electrons. The second-order valence-corrected chi connectivity index (χ2v) is 7.84. The first-order chi connectivity index (χ1) is 14.3. The number of aliphatic hydroxyl groups excluding tert-OH is 1. The van der Waals surface area contributed by atoms with Crippen LogP contribution in [0.2, 0.25) is 0 Å². The summed E-state index contributed by atoms with van der Waals surface area (Å²) in [6.07, 6.45) is -1.46. The minimum absolute atomic E-state index is 0.00500. The summed E-state index contributed by atoms with van der Waals surface area (Å²) >= 11 is 0. The molecule has 7 N–H and O–H groups in total. The van der Waals surface area contributed by atoms with Crippen molar-refractivity contribution in [1.82, 2.24) is 0 Å². The van der Waals surface area contributed by atoms with Crippen molar-refractivity contribution in [3.8, 4) is 11.5 Å². The van der Waals surface area contributed by atoms with E-state index in [0.29, 0.717) is 0 Å². The maximum absolute atomic E-state index is 13.3. The minimum atomic E-state index is -3.13. The van der Waals surface area contributed by atoms with Crippen LogP contribution in [0.25, 0.3) is 10.8 Å². The average molecular weight is 427 g/mol. The lowest BCUT2D eigenvalue weighted by Crippen LogP contribution is -2.67. The van der Waals surface area contributed by atoms with Gasteiger partial charge in [-0.05, 0) is 36.1 Å². The van der Waals surface area contributed by atoms with Crippen molar-refractivity contribution in [2.24, 2.45) is 5.73 Å². The predicted molar refractivity (Wildman–Crippen MR) is 104 cm³/mol. The Bertz CT molecular complexity index is 1290. The van der Waals surface area contributed by atoms with E-state index in [0.717, 1.165) is 6.07 Å². The zero-order chi connectivity index (χ0) is 23.0. The van der Waals surface area contributed by atoms with Gasteiger partial charge in [0.2, 0.25) is 11.4 Å². The van der Waals surface area contributed by atoms with Gasteiger partial charge < -0.3 is 31.3 Å². The van der Waals surface area contributed by atoms with Gasteiger partial charge in [-0.25, -0.2) is 0 Å². The fourth-order valence-electron chi connectivity index (χ4n) is 4.43. The van der Waals surface area contributed by atoms with Crippen molar-refractivity contribution in [3.05, 3.63) is 46.2 Å². The van der Waals surface area contributed by atoms with E-state index in [2.05, 4.69) is 0 Å². The lowest BCUT2D eigenvalue weighted by Gasteiger charge is -2.47. The number of hydrogen-bond acceptors (Lipinski definition) is 9. The monoisotopic (exact) mass is 427 g/mol. The number of carbonyl (C=O) groups excluding carboxylic acids is 4. The molecule has 0 saturated heterocycles. The summed E-state index contributed by atoms with van der Waals surface area (Å²) in [5.41, 5.74) is -1.98. The normalized spacial score (nSPS) is 25.4. The summed E-state index contributed by atoms with van der Waals surface area (Å²) in [7, 11) is 0. The van der Waals surface area contributed by atoms with Crippen molar-refractivity contribution in [2.45, 2.75) is 31.0 Å². The number of rotatable bonds is 2. The largest absolute Gasteiger partial charge is 0.508 e. The molecule has 10 nitrogen and oxygen atoms in total. The Kier molecular flexibility index (Phi) is 4.05. The number of phenols is 2. The molecule has 2 aromatic rings. The van der Waals surface area contributed by atoms with Gasteiger partial charge in [-0.1, -0.05) is 0 Å². The van der Waals surface area contributed by atoms with E-state index in [1.807, 2.05) is 0 Å². The Labute approximate surface area is 173 Å². The van der Waals surface area contributed by atoms with Crippen LogP contribution in [0, 0.1) is 0 Å². The first-order valence-corrected chi connectivity index (χ1v) is 9.12. The van der Waals surface area contributed by atoms with E-state index in [-0.39, 0.29) is 27.7 Å². The van der Waals surface area contributed by atoms with Gasteiger partial charge in [0.25, 0.3) is 5.91 Å². The topological polar surface area (TPSA) is 195 Å². The van der Waals surface area contributed by atoms with Gasteiger partial charge in [0.15, 0.2) is 17.3 Å². The number of phenolic OH excluding ortho intramolecular Hbond substituents is 2. The van der Waals surface area contributed by atoms with Crippen LogP contribution >= 0.6 is 0 Å². The number of carbonyl (C=O) groups is 4. The highest BCUT2D eigenvalue weighted by Crippen LogP contribution is 2.50. The van der Waals surface area contributed by atoms with E-state index in [1.54, 1.807) is 0 Å². The Morgan fingerprint density at radius 2 is 1.68 bits per heavy atom. The number of hydrogen-bond donors (Lipinski definition) is 6. The molecule has 0 aromatic heterocycles. The molecule has 1 amide bonds. The van der Waals surface area contributed by atoms with E-state index in [1.165, 1.54) is 19.1 Å². The van der Waals surface area contributed by atoms with Gasteiger partial charge in [-0.15, -0.1) is 0 Å². The van der Waals surface area contributed by atoms with Gasteiger partial charge in [0, 0.05) is 18.4 Å². The van der Waals surface area contributed by atoms with E-state index >= 15 is 0 Å². The van der Waals surface area contributed by atoms with E-state index in [9.17, 15) is 44.7 Å².